The summed E-state index contributed by atoms with van der Waals surface area (Å²) in [7, 11) is 0. The van der Waals surface area contributed by atoms with Crippen LogP contribution in [0.1, 0.15) is 36.6 Å². The van der Waals surface area contributed by atoms with Crippen LogP contribution in [0.4, 0.5) is 27.8 Å². The smallest absolute Gasteiger partial charge is 0.383 e. The number of hydrogen-bond donors (Lipinski definition) is 1. The van der Waals surface area contributed by atoms with E-state index in [-0.39, 0.29) is 39.4 Å². The van der Waals surface area contributed by atoms with Crippen molar-refractivity contribution >= 4 is 16.9 Å². The second-order valence-corrected chi connectivity index (χ2v) is 8.06. The molecule has 1 aromatic carbocycles. The number of anilines is 1. The number of aromatic nitrogens is 8. The Labute approximate surface area is 210 Å². The Kier molecular flexibility index (Phi) is 5.94. The normalized spacial score (nSPS) is 12.6. The summed E-state index contributed by atoms with van der Waals surface area (Å²) in [5, 5.41) is 18.5. The van der Waals surface area contributed by atoms with Crippen LogP contribution in [-0.2, 0) is 6.18 Å². The second kappa shape index (κ2) is 9.14. The number of halogens is 5. The molecule has 38 heavy (non-hydrogen) atoms. The second-order valence-electron chi connectivity index (χ2n) is 8.06. The molecule has 0 saturated carbocycles. The molecule has 5 aromatic rings. The van der Waals surface area contributed by atoms with E-state index in [2.05, 4.69) is 36.3 Å². The molecule has 0 saturated heterocycles. The van der Waals surface area contributed by atoms with Crippen LogP contribution in [0.25, 0.3) is 27.8 Å². The number of hydrogen-bond acceptors (Lipinski definition) is 8. The molecule has 0 amide bonds. The van der Waals surface area contributed by atoms with Gasteiger partial charge in [0.1, 0.15) is 46.8 Å². The highest BCUT2D eigenvalue weighted by atomic mass is 19.4. The minimum atomic E-state index is -4.75. The minimum absolute atomic E-state index is 0.00933. The number of nitrogens with zero attached hydrogens (tertiary/aromatic N) is 9. The third-order valence-electron chi connectivity index (χ3n) is 5.82. The highest BCUT2D eigenvalue weighted by Gasteiger charge is 2.35. The molecule has 0 aliphatic carbocycles. The van der Waals surface area contributed by atoms with Gasteiger partial charge in [0.15, 0.2) is 5.82 Å². The van der Waals surface area contributed by atoms with Crippen LogP contribution in [0, 0.1) is 23.0 Å². The fourth-order valence-corrected chi connectivity index (χ4v) is 4.19. The third-order valence-corrected chi connectivity index (χ3v) is 5.82. The van der Waals surface area contributed by atoms with Crippen LogP contribution in [0.5, 0.6) is 0 Å². The fraction of sp³-hybridized carbons (Fsp3) is 0.174. The van der Waals surface area contributed by atoms with Crippen molar-refractivity contribution in [2.75, 3.05) is 5.73 Å². The van der Waals surface area contributed by atoms with Gasteiger partial charge in [-0.05, 0) is 18.6 Å². The Bertz CT molecular complexity index is 1700. The van der Waals surface area contributed by atoms with E-state index in [1.54, 1.807) is 6.92 Å². The Morgan fingerprint density at radius 2 is 1.84 bits per heavy atom. The summed E-state index contributed by atoms with van der Waals surface area (Å²) in [5.74, 6) is -2.98. The molecule has 0 unspecified atom stereocenters. The quantitative estimate of drug-likeness (QED) is 0.336. The van der Waals surface area contributed by atoms with Gasteiger partial charge in [0.2, 0.25) is 5.82 Å². The Morgan fingerprint density at radius 1 is 1.11 bits per heavy atom. The highest BCUT2D eigenvalue weighted by molar-refractivity contribution is 6.03. The highest BCUT2D eigenvalue weighted by Crippen LogP contribution is 2.40. The summed E-state index contributed by atoms with van der Waals surface area (Å²) in [4.78, 5) is 15.1. The van der Waals surface area contributed by atoms with Crippen LogP contribution in [0.15, 0.2) is 43.1 Å². The maximum absolute atomic E-state index is 14.3. The van der Waals surface area contributed by atoms with Gasteiger partial charge < -0.3 is 10.3 Å². The number of benzene rings is 1. The summed E-state index contributed by atoms with van der Waals surface area (Å²) in [6, 6.07) is 4.36. The van der Waals surface area contributed by atoms with E-state index in [0.717, 1.165) is 23.1 Å². The molecule has 192 valence electrons. The molecule has 0 bridgehead atoms. The van der Waals surface area contributed by atoms with Crippen LogP contribution >= 0.6 is 0 Å². The average molecular weight is 526 g/mol. The van der Waals surface area contributed by atoms with Crippen LogP contribution < -0.4 is 5.73 Å². The van der Waals surface area contributed by atoms with E-state index in [0.29, 0.717) is 18.2 Å². The predicted octanol–water partition coefficient (Wildman–Crippen LogP) is 4.22. The summed E-state index contributed by atoms with van der Waals surface area (Å²) < 4.78 is 69.4. The monoisotopic (exact) mass is 526 g/mol. The zero-order valence-electron chi connectivity index (χ0n) is 19.3. The number of nitrogen functional groups attached to an aromatic ring is 1. The van der Waals surface area contributed by atoms with E-state index in [4.69, 9.17) is 5.73 Å². The zero-order chi connectivity index (χ0) is 27.2. The third kappa shape index (κ3) is 4.05. The van der Waals surface area contributed by atoms with Gasteiger partial charge in [-0.1, -0.05) is 12.1 Å². The summed E-state index contributed by atoms with van der Waals surface area (Å²) >= 11 is 0. The van der Waals surface area contributed by atoms with Crippen LogP contribution in [0.2, 0.25) is 0 Å². The zero-order valence-corrected chi connectivity index (χ0v) is 19.3. The van der Waals surface area contributed by atoms with Crippen molar-refractivity contribution in [1.29, 1.82) is 5.26 Å². The van der Waals surface area contributed by atoms with Crippen LogP contribution in [-0.4, -0.2) is 39.5 Å². The van der Waals surface area contributed by atoms with Crippen molar-refractivity contribution in [1.82, 2.24) is 39.5 Å². The van der Waals surface area contributed by atoms with Crippen molar-refractivity contribution in [3.05, 3.63) is 72.0 Å². The molecule has 0 spiro atoms. The topological polar surface area (TPSA) is 137 Å². The minimum Gasteiger partial charge on any atom is -0.383 e. The first kappa shape index (κ1) is 24.7. The van der Waals surface area contributed by atoms with E-state index in [1.165, 1.54) is 23.2 Å². The molecule has 0 aliphatic rings. The number of nitrogens with two attached hydrogens (primary N) is 1. The molecule has 0 fully saturated rings. The lowest BCUT2D eigenvalue weighted by atomic mass is 10.1. The SMILES string of the molecule is CC[C@H](c1cn(-c2ccc(F)cc2F)nn1)n1c(C#N)c(-c2cnc(C(F)(F)F)nc2)c2c(N)ncnc21. The average Bonchev–Trinajstić information content (AvgIpc) is 3.48. The van der Waals surface area contributed by atoms with Gasteiger partial charge in [0.05, 0.1) is 17.6 Å². The molecular weight excluding hydrogens is 511 g/mol. The summed E-state index contributed by atoms with van der Waals surface area (Å²) in [6.45, 7) is 1.79. The standard InChI is InChI=1S/C23H15F5N10/c1-2-15(14-9-37(36-35-14)16-4-3-12(24)5-13(16)25)38-17(6-29)18(19-20(30)33-10-34-21(19)38)11-7-31-22(32-8-11)23(26,27)28/h3-5,7-10,15H,2H2,1H3,(H2,30,33,34)/t15-/m1/s1. The Hall–Kier alpha value is -5.00. The molecule has 2 N–H and O–H groups in total. The lowest BCUT2D eigenvalue weighted by molar-refractivity contribution is -0.144. The van der Waals surface area contributed by atoms with Gasteiger partial charge in [-0.2, -0.15) is 18.4 Å². The molecule has 4 heterocycles. The van der Waals surface area contributed by atoms with Crippen molar-refractivity contribution in [3.63, 3.8) is 0 Å². The first-order valence-electron chi connectivity index (χ1n) is 11.0. The van der Waals surface area contributed by atoms with Crippen molar-refractivity contribution in [2.24, 2.45) is 0 Å². The molecule has 1 atom stereocenters. The fourth-order valence-electron chi connectivity index (χ4n) is 4.19. The molecule has 10 nitrogen and oxygen atoms in total. The lowest BCUT2D eigenvalue weighted by Gasteiger charge is -2.16. The number of rotatable bonds is 5. The maximum Gasteiger partial charge on any atom is 0.451 e. The molecule has 0 radical (unpaired) electrons. The van der Waals surface area contributed by atoms with E-state index < -0.39 is 29.7 Å². The van der Waals surface area contributed by atoms with E-state index in [1.807, 2.05) is 0 Å². The Morgan fingerprint density at radius 3 is 2.47 bits per heavy atom. The number of nitriles is 1. The molecule has 0 aliphatic heterocycles. The first-order valence-corrected chi connectivity index (χ1v) is 11.0. The van der Waals surface area contributed by atoms with Gasteiger partial charge >= 0.3 is 6.18 Å². The number of alkyl halides is 3. The molecule has 15 heteroatoms. The summed E-state index contributed by atoms with van der Waals surface area (Å²) in [6.07, 6.45) is 0.0715. The van der Waals surface area contributed by atoms with E-state index >= 15 is 0 Å². The van der Waals surface area contributed by atoms with Gasteiger partial charge in [-0.15, -0.1) is 5.10 Å². The van der Waals surface area contributed by atoms with Crippen LogP contribution in [0.3, 0.4) is 0 Å². The summed E-state index contributed by atoms with van der Waals surface area (Å²) in [5.41, 5.74) is 6.80. The predicted molar refractivity (Wildman–Crippen MR) is 122 cm³/mol. The van der Waals surface area contributed by atoms with Crippen molar-refractivity contribution in [2.45, 2.75) is 25.6 Å². The first-order chi connectivity index (χ1) is 18.1. The van der Waals surface area contributed by atoms with E-state index in [9.17, 15) is 27.2 Å². The Balaban J connectivity index is 1.70. The van der Waals surface area contributed by atoms with Crippen molar-refractivity contribution in [3.8, 4) is 22.9 Å². The number of fused-ring (bicyclic) bond motifs is 1. The van der Waals surface area contributed by atoms with Gasteiger partial charge in [0.25, 0.3) is 0 Å². The lowest BCUT2D eigenvalue weighted by Crippen LogP contribution is -2.13. The largest absolute Gasteiger partial charge is 0.451 e. The van der Waals surface area contributed by atoms with Gasteiger partial charge in [0, 0.05) is 29.6 Å². The van der Waals surface area contributed by atoms with Gasteiger partial charge in [-0.25, -0.2) is 33.4 Å². The molecule has 5 rings (SSSR count). The van der Waals surface area contributed by atoms with Gasteiger partial charge in [-0.3, -0.25) is 0 Å². The molecule has 4 aromatic heterocycles. The maximum atomic E-state index is 14.3. The molecular formula is C23H15F5N10. The van der Waals surface area contributed by atoms with Crippen molar-refractivity contribution < 1.29 is 22.0 Å².